The number of H-pyrrole nitrogens is 1. The highest BCUT2D eigenvalue weighted by atomic mass is 31.2. The summed E-state index contributed by atoms with van der Waals surface area (Å²) in [7, 11) is -3.19. The first kappa shape index (κ1) is 19.6. The van der Waals surface area contributed by atoms with Gasteiger partial charge in [0.2, 0.25) is 0 Å². The molecule has 0 aliphatic rings. The van der Waals surface area contributed by atoms with Crippen molar-refractivity contribution in [2.75, 3.05) is 13.2 Å². The van der Waals surface area contributed by atoms with E-state index >= 15 is 0 Å². The monoisotopic (exact) mass is 342 g/mol. The van der Waals surface area contributed by atoms with E-state index in [9.17, 15) is 9.69 Å². The molecule has 0 aliphatic carbocycles. The van der Waals surface area contributed by atoms with Crippen molar-refractivity contribution in [3.05, 3.63) is 24.3 Å². The highest BCUT2D eigenvalue weighted by Gasteiger charge is 2.40. The lowest BCUT2D eigenvalue weighted by atomic mass is 10.3. The predicted molar refractivity (Wildman–Crippen MR) is 91.5 cm³/mol. The maximum absolute atomic E-state index is 10.6. The molecule has 0 amide bonds. The fourth-order valence-corrected chi connectivity index (χ4v) is 2.54. The third-order valence-electron chi connectivity index (χ3n) is 2.90. The summed E-state index contributed by atoms with van der Waals surface area (Å²) in [6.07, 6.45) is 3.59. The van der Waals surface area contributed by atoms with Crippen LogP contribution in [0.3, 0.4) is 0 Å². The molecule has 2 rings (SSSR count). The smallest absolute Gasteiger partial charge is 0.247 e. The Morgan fingerprint density at radius 3 is 1.96 bits per heavy atom. The summed E-state index contributed by atoms with van der Waals surface area (Å²) in [6, 6.07) is 8.10. The van der Waals surface area contributed by atoms with Gasteiger partial charge in [0.25, 0.3) is 0 Å². The molecule has 0 atom stereocenters. The average molecular weight is 342 g/mol. The number of aromatic amines is 1. The quantitative estimate of drug-likeness (QED) is 0.411. The van der Waals surface area contributed by atoms with Crippen molar-refractivity contribution < 1.29 is 18.7 Å². The maximum atomic E-state index is 10.6. The first-order valence-corrected chi connectivity index (χ1v) is 9.42. The summed E-state index contributed by atoms with van der Waals surface area (Å²) >= 11 is 0. The lowest BCUT2D eigenvalue weighted by Gasteiger charge is -2.10. The van der Waals surface area contributed by atoms with Crippen LogP contribution in [0.5, 0.6) is 0 Å². The van der Waals surface area contributed by atoms with Crippen LogP contribution in [0.2, 0.25) is 0 Å². The Bertz CT molecular complexity index is 524. The molecule has 0 bridgehead atoms. The summed E-state index contributed by atoms with van der Waals surface area (Å²) in [4.78, 5) is 20.1. The van der Waals surface area contributed by atoms with E-state index in [-0.39, 0.29) is 0 Å². The number of carbonyl (C=O) groups excluding carboxylic acids is 1. The van der Waals surface area contributed by atoms with Crippen molar-refractivity contribution in [3.63, 3.8) is 0 Å². The van der Waals surface area contributed by atoms with Gasteiger partial charge in [-0.3, -0.25) is 0 Å². The lowest BCUT2D eigenvalue weighted by Crippen LogP contribution is -2.06. The predicted octanol–water partition coefficient (Wildman–Crippen LogP) is 3.52. The molecule has 8 heteroatoms. The molecule has 0 spiro atoms. The molecular formula is C15H25N3O4P+. The summed E-state index contributed by atoms with van der Waals surface area (Å²) in [6.45, 7) is 4.79. The van der Waals surface area contributed by atoms with Gasteiger partial charge in [0.05, 0.1) is 13.2 Å². The number of aromatic nitrogens is 3. The average Bonchev–Trinajstić information content (AvgIpc) is 3.05. The molecule has 0 saturated carbocycles. The number of fused-ring (bicyclic) bond motifs is 1. The van der Waals surface area contributed by atoms with Gasteiger partial charge in [0.1, 0.15) is 11.0 Å². The second kappa shape index (κ2) is 11.2. The van der Waals surface area contributed by atoms with Crippen molar-refractivity contribution in [1.29, 1.82) is 0 Å². The van der Waals surface area contributed by atoms with E-state index in [0.29, 0.717) is 19.2 Å². The van der Waals surface area contributed by atoms with Crippen LogP contribution >= 0.6 is 7.94 Å². The number of benzene rings is 1. The van der Waals surface area contributed by atoms with Crippen LogP contribution in [-0.4, -0.2) is 39.5 Å². The normalized spacial score (nSPS) is 11.1. The first-order chi connectivity index (χ1) is 11.1. The van der Waals surface area contributed by atoms with E-state index in [4.69, 9.17) is 9.05 Å². The molecule has 0 unspecified atom stereocenters. The Morgan fingerprint density at radius 2 is 1.57 bits per heavy atom. The van der Waals surface area contributed by atoms with E-state index in [1.807, 2.05) is 38.1 Å². The summed E-state index contributed by atoms with van der Waals surface area (Å²) < 4.78 is 10.1. The van der Waals surface area contributed by atoms with Gasteiger partial charge in [-0.25, -0.2) is 4.79 Å². The molecule has 2 aromatic rings. The number of nitrogens with one attached hydrogen (secondary N) is 1. The zero-order chi connectivity index (χ0) is 17.0. The van der Waals surface area contributed by atoms with Gasteiger partial charge < -0.3 is 0 Å². The molecule has 128 valence electrons. The molecule has 7 nitrogen and oxygen atoms in total. The minimum Gasteiger partial charge on any atom is -0.247 e. The van der Waals surface area contributed by atoms with E-state index in [0.717, 1.165) is 36.7 Å². The molecule has 0 saturated heterocycles. The number of hydrogen-bond donors (Lipinski definition) is 2. The minimum absolute atomic E-state index is 0.381. The first-order valence-electron chi connectivity index (χ1n) is 7.77. The van der Waals surface area contributed by atoms with Crippen LogP contribution in [0.25, 0.3) is 11.0 Å². The molecule has 0 radical (unpaired) electrons. The van der Waals surface area contributed by atoms with E-state index < -0.39 is 7.94 Å². The van der Waals surface area contributed by atoms with Gasteiger partial charge in [-0.05, 0) is 25.0 Å². The highest BCUT2D eigenvalue weighted by Crippen LogP contribution is 2.53. The van der Waals surface area contributed by atoms with Crippen molar-refractivity contribution in [2.45, 2.75) is 39.5 Å². The van der Waals surface area contributed by atoms with Crippen LogP contribution in [0.15, 0.2) is 24.3 Å². The summed E-state index contributed by atoms with van der Waals surface area (Å²) in [5, 5.41) is 10.3. The Labute approximate surface area is 137 Å². The Kier molecular flexibility index (Phi) is 9.55. The molecule has 0 aliphatic heterocycles. The zero-order valence-corrected chi connectivity index (χ0v) is 14.5. The zero-order valence-electron chi connectivity index (χ0n) is 13.6. The van der Waals surface area contributed by atoms with Crippen LogP contribution in [0.4, 0.5) is 0 Å². The summed E-state index contributed by atoms with van der Waals surface area (Å²) in [5.41, 5.74) is 1.83. The van der Waals surface area contributed by atoms with E-state index in [1.54, 1.807) is 0 Å². The standard InChI is InChI=1S/C9H20O4P.C6H5N3/c1-3-5-7-12-14(11,9-10)13-8-6-4-2;1-2-4-6-5(3-1)7-9-8-6/h9,11H,3-8H2,1-2H3;1-4H,(H,7,8,9)/q+1;. The Balaban J connectivity index is 0.000000248. The molecule has 1 heterocycles. The molecule has 0 fully saturated rings. The van der Waals surface area contributed by atoms with Crippen LogP contribution in [0.1, 0.15) is 39.5 Å². The van der Waals surface area contributed by atoms with Gasteiger partial charge in [0, 0.05) is 0 Å². The van der Waals surface area contributed by atoms with E-state index in [2.05, 4.69) is 15.4 Å². The molecule has 1 aromatic heterocycles. The topological polar surface area (TPSA) is 97.3 Å². The lowest BCUT2D eigenvalue weighted by molar-refractivity contribution is 0.183. The fraction of sp³-hybridized carbons (Fsp3) is 0.533. The van der Waals surface area contributed by atoms with Crippen molar-refractivity contribution >= 4 is 25.0 Å². The second-order valence-electron chi connectivity index (χ2n) is 4.86. The number of rotatable bonds is 9. The van der Waals surface area contributed by atoms with Gasteiger partial charge in [-0.15, -0.1) is 0 Å². The largest absolute Gasteiger partial charge is 0.480 e. The fourth-order valence-electron chi connectivity index (χ4n) is 1.56. The van der Waals surface area contributed by atoms with Gasteiger partial charge in [0.15, 0.2) is 0 Å². The molecule has 23 heavy (non-hydrogen) atoms. The van der Waals surface area contributed by atoms with Crippen molar-refractivity contribution in [2.24, 2.45) is 0 Å². The van der Waals surface area contributed by atoms with E-state index in [1.165, 1.54) is 0 Å². The summed E-state index contributed by atoms with van der Waals surface area (Å²) in [5.74, 6) is 0. The van der Waals surface area contributed by atoms with Gasteiger partial charge >= 0.3 is 14.0 Å². The van der Waals surface area contributed by atoms with Gasteiger partial charge in [-0.1, -0.05) is 38.8 Å². The second-order valence-corrected chi connectivity index (χ2v) is 6.71. The maximum Gasteiger partial charge on any atom is 0.480 e. The van der Waals surface area contributed by atoms with Crippen molar-refractivity contribution in [1.82, 2.24) is 15.4 Å². The number of unbranched alkanes of at least 4 members (excludes halogenated alkanes) is 2. The number of para-hydroxylation sites is 2. The molecule has 2 N–H and O–H groups in total. The van der Waals surface area contributed by atoms with Gasteiger partial charge in [-0.2, -0.15) is 29.4 Å². The highest BCUT2D eigenvalue weighted by molar-refractivity contribution is 7.75. The third-order valence-corrected chi connectivity index (χ3v) is 4.28. The number of nitrogens with zero attached hydrogens (tertiary/aromatic N) is 2. The Hall–Kier alpha value is -1.40. The number of hydrogen-bond acceptors (Lipinski definition) is 6. The SMILES string of the molecule is CCCCO[P+](O)(C=O)OCCCC.c1ccc2n[nH]nc2c1. The number of carbonyl (C=O) groups is 1. The molecule has 1 aromatic carbocycles. The Morgan fingerprint density at radius 1 is 1.09 bits per heavy atom. The third kappa shape index (κ3) is 7.61. The minimum atomic E-state index is -3.19. The molecular weight excluding hydrogens is 317 g/mol. The van der Waals surface area contributed by atoms with Crippen molar-refractivity contribution in [3.8, 4) is 0 Å². The van der Waals surface area contributed by atoms with Crippen LogP contribution in [-0.2, 0) is 13.8 Å². The van der Waals surface area contributed by atoms with Crippen LogP contribution in [0, 0.1) is 0 Å². The van der Waals surface area contributed by atoms with Crippen LogP contribution < -0.4 is 0 Å².